The maximum absolute atomic E-state index is 12.3. The van der Waals surface area contributed by atoms with Crippen molar-refractivity contribution in [2.24, 2.45) is 0 Å². The van der Waals surface area contributed by atoms with Gasteiger partial charge in [-0.05, 0) is 38.6 Å². The van der Waals surface area contributed by atoms with Crippen molar-refractivity contribution in [3.63, 3.8) is 0 Å². The minimum Gasteiger partial charge on any atom is -0.352 e. The number of hydrogen-bond acceptors (Lipinski definition) is 3. The highest BCUT2D eigenvalue weighted by atomic mass is 32.1. The molecule has 0 radical (unpaired) electrons. The predicted octanol–water partition coefficient (Wildman–Crippen LogP) is 1.88. The van der Waals surface area contributed by atoms with Crippen LogP contribution < -0.4 is 5.32 Å². The molecule has 5 heteroatoms. The van der Waals surface area contributed by atoms with Crippen LogP contribution in [-0.4, -0.2) is 34.8 Å². The van der Waals surface area contributed by atoms with E-state index in [4.69, 9.17) is 0 Å². The van der Waals surface area contributed by atoms with Crippen molar-refractivity contribution in [1.82, 2.24) is 10.2 Å². The summed E-state index contributed by atoms with van der Waals surface area (Å²) < 4.78 is 0. The third kappa shape index (κ3) is 2.14. The summed E-state index contributed by atoms with van der Waals surface area (Å²) in [5.41, 5.74) is -0.689. The van der Waals surface area contributed by atoms with Gasteiger partial charge in [-0.25, -0.2) is 0 Å². The van der Waals surface area contributed by atoms with Gasteiger partial charge in [0, 0.05) is 12.6 Å². The van der Waals surface area contributed by atoms with Crippen LogP contribution in [0.5, 0.6) is 0 Å². The van der Waals surface area contributed by atoms with Crippen molar-refractivity contribution in [2.45, 2.75) is 38.8 Å². The summed E-state index contributed by atoms with van der Waals surface area (Å²) in [5.74, 6) is -0.105. The molecule has 1 aliphatic heterocycles. The van der Waals surface area contributed by atoms with Gasteiger partial charge in [0.15, 0.2) is 0 Å². The molecule has 4 nitrogen and oxygen atoms in total. The second-order valence-corrected chi connectivity index (χ2v) is 6.03. The highest BCUT2D eigenvalue weighted by Gasteiger charge is 2.49. The van der Waals surface area contributed by atoms with Crippen molar-refractivity contribution in [1.29, 1.82) is 0 Å². The fourth-order valence-electron chi connectivity index (χ4n) is 2.07. The van der Waals surface area contributed by atoms with Crippen molar-refractivity contribution in [3.8, 4) is 0 Å². The second kappa shape index (κ2) is 4.72. The lowest BCUT2D eigenvalue weighted by Crippen LogP contribution is -2.67. The quantitative estimate of drug-likeness (QED) is 0.908. The Morgan fingerprint density at radius 3 is 2.67 bits per heavy atom. The van der Waals surface area contributed by atoms with Gasteiger partial charge in [0.25, 0.3) is 5.91 Å². The van der Waals surface area contributed by atoms with Gasteiger partial charge in [0.2, 0.25) is 5.91 Å². The third-order valence-electron chi connectivity index (χ3n) is 3.30. The summed E-state index contributed by atoms with van der Waals surface area (Å²) in [6.07, 6.45) is 0.725. The molecule has 2 heterocycles. The zero-order valence-corrected chi connectivity index (χ0v) is 11.7. The Morgan fingerprint density at radius 1 is 1.50 bits per heavy atom. The van der Waals surface area contributed by atoms with E-state index in [1.54, 1.807) is 11.0 Å². The van der Waals surface area contributed by atoms with E-state index in [1.165, 1.54) is 11.3 Å². The average molecular weight is 266 g/mol. The number of rotatable bonds is 3. The monoisotopic (exact) mass is 266 g/mol. The van der Waals surface area contributed by atoms with Crippen molar-refractivity contribution < 1.29 is 9.59 Å². The highest BCUT2D eigenvalue weighted by Crippen LogP contribution is 2.33. The van der Waals surface area contributed by atoms with E-state index in [9.17, 15) is 9.59 Å². The van der Waals surface area contributed by atoms with Crippen LogP contribution >= 0.6 is 11.3 Å². The topological polar surface area (TPSA) is 49.4 Å². The Balaban J connectivity index is 2.11. The maximum atomic E-state index is 12.3. The van der Waals surface area contributed by atoms with E-state index in [1.807, 2.05) is 32.2 Å². The molecule has 0 bridgehead atoms. The van der Waals surface area contributed by atoms with Crippen molar-refractivity contribution >= 4 is 23.2 Å². The normalized spacial score (nSPS) is 22.8. The van der Waals surface area contributed by atoms with Gasteiger partial charge in [0.05, 0.1) is 4.88 Å². The number of likely N-dealkylation sites (tertiary alicyclic amines) is 1. The molecular weight excluding hydrogens is 248 g/mol. The summed E-state index contributed by atoms with van der Waals surface area (Å²) >= 11 is 1.41. The fourth-order valence-corrected chi connectivity index (χ4v) is 2.74. The molecule has 1 aromatic rings. The van der Waals surface area contributed by atoms with Gasteiger partial charge < -0.3 is 10.2 Å². The Morgan fingerprint density at radius 2 is 2.22 bits per heavy atom. The van der Waals surface area contributed by atoms with E-state index in [0.29, 0.717) is 11.4 Å². The number of nitrogens with one attached hydrogen (secondary N) is 1. The van der Waals surface area contributed by atoms with Crippen LogP contribution in [0.3, 0.4) is 0 Å². The molecule has 1 unspecified atom stereocenters. The second-order valence-electron chi connectivity index (χ2n) is 5.09. The molecule has 0 spiro atoms. The molecule has 2 amide bonds. The Labute approximate surface area is 111 Å². The van der Waals surface area contributed by atoms with Crippen LogP contribution in [0.4, 0.5) is 0 Å². The molecule has 2 rings (SSSR count). The minimum absolute atomic E-state index is 0.0438. The standard InChI is InChI=1S/C13H18N2O2S/c1-9(2)14-12(17)13(3)6-7-15(13)11(16)10-5-4-8-18-10/h4-5,8-9H,6-7H2,1-3H3,(H,14,17). The lowest BCUT2D eigenvalue weighted by molar-refractivity contribution is -0.138. The fraction of sp³-hybridized carbons (Fsp3) is 0.538. The molecule has 1 aliphatic rings. The zero-order valence-electron chi connectivity index (χ0n) is 10.9. The van der Waals surface area contributed by atoms with Crippen LogP contribution in [0.15, 0.2) is 17.5 Å². The SMILES string of the molecule is CC(C)NC(=O)C1(C)CCN1C(=O)c1cccs1. The van der Waals surface area contributed by atoms with Crippen molar-refractivity contribution in [3.05, 3.63) is 22.4 Å². The molecule has 1 atom stereocenters. The molecule has 1 N–H and O–H groups in total. The number of carbonyl (C=O) groups excluding carboxylic acids is 2. The van der Waals surface area contributed by atoms with Gasteiger partial charge in [-0.15, -0.1) is 11.3 Å². The molecule has 0 saturated carbocycles. The predicted molar refractivity (Wildman–Crippen MR) is 71.7 cm³/mol. The van der Waals surface area contributed by atoms with E-state index in [0.717, 1.165) is 6.42 Å². The van der Waals surface area contributed by atoms with E-state index in [2.05, 4.69) is 5.32 Å². The molecule has 1 aromatic heterocycles. The van der Waals surface area contributed by atoms with Gasteiger partial charge >= 0.3 is 0 Å². The summed E-state index contributed by atoms with van der Waals surface area (Å²) in [6.45, 7) is 6.33. The lowest BCUT2D eigenvalue weighted by atomic mass is 9.85. The van der Waals surface area contributed by atoms with Crippen LogP contribution in [0.2, 0.25) is 0 Å². The molecule has 18 heavy (non-hydrogen) atoms. The number of nitrogens with zero attached hydrogens (tertiary/aromatic N) is 1. The van der Waals surface area contributed by atoms with Gasteiger partial charge in [0.1, 0.15) is 5.54 Å². The number of carbonyl (C=O) groups is 2. The van der Waals surface area contributed by atoms with Crippen LogP contribution in [0, 0.1) is 0 Å². The zero-order chi connectivity index (χ0) is 13.3. The van der Waals surface area contributed by atoms with Crippen LogP contribution in [0.25, 0.3) is 0 Å². The Hall–Kier alpha value is -1.36. The first-order valence-electron chi connectivity index (χ1n) is 6.11. The van der Waals surface area contributed by atoms with Gasteiger partial charge in [-0.1, -0.05) is 6.07 Å². The first kappa shape index (κ1) is 13.1. The van der Waals surface area contributed by atoms with Gasteiger partial charge in [-0.2, -0.15) is 0 Å². The molecule has 98 valence electrons. The first-order valence-corrected chi connectivity index (χ1v) is 6.99. The minimum atomic E-state index is -0.689. The molecule has 0 aliphatic carbocycles. The largest absolute Gasteiger partial charge is 0.352 e. The van der Waals surface area contributed by atoms with Gasteiger partial charge in [-0.3, -0.25) is 9.59 Å². The maximum Gasteiger partial charge on any atom is 0.264 e. The number of hydrogen-bond donors (Lipinski definition) is 1. The molecular formula is C13H18N2O2S. The summed E-state index contributed by atoms with van der Waals surface area (Å²) in [4.78, 5) is 26.7. The van der Waals surface area contributed by atoms with E-state index in [-0.39, 0.29) is 17.9 Å². The Kier molecular flexibility index (Phi) is 3.43. The van der Waals surface area contributed by atoms with E-state index < -0.39 is 5.54 Å². The summed E-state index contributed by atoms with van der Waals surface area (Å²) in [7, 11) is 0. The van der Waals surface area contributed by atoms with Crippen molar-refractivity contribution in [2.75, 3.05) is 6.54 Å². The third-order valence-corrected chi connectivity index (χ3v) is 4.16. The molecule has 0 aromatic carbocycles. The van der Waals surface area contributed by atoms with Crippen LogP contribution in [0.1, 0.15) is 36.9 Å². The molecule has 1 fully saturated rings. The number of thiophene rings is 1. The average Bonchev–Trinajstić information content (AvgIpc) is 2.78. The smallest absolute Gasteiger partial charge is 0.264 e. The lowest BCUT2D eigenvalue weighted by Gasteiger charge is -2.49. The Bertz CT molecular complexity index is 456. The van der Waals surface area contributed by atoms with Crippen LogP contribution in [-0.2, 0) is 4.79 Å². The van der Waals surface area contributed by atoms with E-state index >= 15 is 0 Å². The summed E-state index contributed by atoms with van der Waals surface area (Å²) in [5, 5.41) is 4.76. The number of amides is 2. The molecule has 1 saturated heterocycles. The highest BCUT2D eigenvalue weighted by molar-refractivity contribution is 7.12. The first-order chi connectivity index (χ1) is 8.45. The summed E-state index contributed by atoms with van der Waals surface area (Å²) in [6, 6.07) is 3.74.